The minimum absolute atomic E-state index is 0.0400. The van der Waals surface area contributed by atoms with Crippen molar-refractivity contribution in [2.75, 3.05) is 39.4 Å². The Morgan fingerprint density at radius 1 is 1.07 bits per heavy atom. The molecule has 0 aromatic heterocycles. The number of rotatable bonds is 10. The van der Waals surface area contributed by atoms with Crippen LogP contribution < -0.4 is 14.8 Å². The van der Waals surface area contributed by atoms with Crippen molar-refractivity contribution in [3.05, 3.63) is 22.2 Å². The monoisotopic (exact) mass is 440 g/mol. The van der Waals surface area contributed by atoms with Gasteiger partial charge in [-0.15, -0.1) is 0 Å². The molecule has 27 heavy (non-hydrogen) atoms. The van der Waals surface area contributed by atoms with Gasteiger partial charge in [-0.1, -0.05) is 28.8 Å². The summed E-state index contributed by atoms with van der Waals surface area (Å²) < 4.78 is 12.1. The summed E-state index contributed by atoms with van der Waals surface area (Å²) in [7, 11) is 0. The lowest BCUT2D eigenvalue weighted by atomic mass is 10.1. The number of halogens is 1. The number of hydrogen-bond acceptors (Lipinski definition) is 4. The normalized spacial score (nSPS) is 15.2. The number of carbonyl (C=O) groups excluding carboxylic acids is 1. The molecule has 1 fully saturated rings. The molecule has 0 bridgehead atoms. The van der Waals surface area contributed by atoms with Crippen molar-refractivity contribution in [2.24, 2.45) is 0 Å². The second-order valence-corrected chi connectivity index (χ2v) is 7.75. The molecule has 1 N–H and O–H groups in total. The van der Waals surface area contributed by atoms with Crippen LogP contribution in [0.1, 0.15) is 51.5 Å². The highest BCUT2D eigenvalue weighted by atomic mass is 79.9. The highest BCUT2D eigenvalue weighted by molar-refractivity contribution is 9.10. The highest BCUT2D eigenvalue weighted by Gasteiger charge is 2.14. The fourth-order valence-electron chi connectivity index (χ4n) is 3.38. The second-order valence-electron chi connectivity index (χ2n) is 6.89. The quantitative estimate of drug-likeness (QED) is 0.554. The Hall–Kier alpha value is -1.27. The van der Waals surface area contributed by atoms with Crippen LogP contribution in [0, 0.1) is 0 Å². The van der Waals surface area contributed by atoms with Gasteiger partial charge in [-0.3, -0.25) is 4.79 Å². The van der Waals surface area contributed by atoms with E-state index in [2.05, 4.69) is 26.1 Å². The van der Waals surface area contributed by atoms with E-state index in [9.17, 15) is 4.79 Å². The lowest BCUT2D eigenvalue weighted by molar-refractivity contribution is -0.120. The Bertz CT molecular complexity index is 587. The molecule has 1 amide bonds. The van der Waals surface area contributed by atoms with E-state index in [0.717, 1.165) is 29.5 Å². The average Bonchev–Trinajstić information content (AvgIpc) is 2.92. The number of nitrogens with one attached hydrogen (secondary N) is 1. The number of nitrogens with zero attached hydrogens (tertiary/aromatic N) is 1. The summed E-state index contributed by atoms with van der Waals surface area (Å²) in [6.07, 6.45) is 6.65. The molecule has 0 atom stereocenters. The molecule has 0 unspecified atom stereocenters. The number of amides is 1. The molecule has 0 radical (unpaired) electrons. The van der Waals surface area contributed by atoms with E-state index in [4.69, 9.17) is 9.47 Å². The zero-order chi connectivity index (χ0) is 19.5. The third-order valence-electron chi connectivity index (χ3n) is 4.74. The van der Waals surface area contributed by atoms with Crippen molar-refractivity contribution in [1.82, 2.24) is 10.2 Å². The van der Waals surface area contributed by atoms with Crippen molar-refractivity contribution < 1.29 is 14.3 Å². The highest BCUT2D eigenvalue weighted by Crippen LogP contribution is 2.34. The maximum atomic E-state index is 12.3. The predicted octanol–water partition coefficient (Wildman–Crippen LogP) is 4.17. The predicted molar refractivity (Wildman–Crippen MR) is 113 cm³/mol. The summed E-state index contributed by atoms with van der Waals surface area (Å²) in [4.78, 5) is 14.9. The number of benzene rings is 1. The third kappa shape index (κ3) is 7.70. The number of hydrogen-bond donors (Lipinski definition) is 1. The molecular weight excluding hydrogens is 408 g/mol. The fourth-order valence-corrected chi connectivity index (χ4v) is 3.84. The summed E-state index contributed by atoms with van der Waals surface area (Å²) in [5.41, 5.74) is 0.909. The first-order chi connectivity index (χ1) is 13.1. The van der Waals surface area contributed by atoms with E-state index in [1.165, 1.54) is 38.8 Å². The lowest BCUT2D eigenvalue weighted by Gasteiger charge is -2.19. The van der Waals surface area contributed by atoms with Gasteiger partial charge < -0.3 is 19.7 Å². The van der Waals surface area contributed by atoms with Gasteiger partial charge in [0.25, 0.3) is 0 Å². The first-order valence-electron chi connectivity index (χ1n) is 10.2. The second kappa shape index (κ2) is 12.2. The van der Waals surface area contributed by atoms with Gasteiger partial charge in [0.1, 0.15) is 0 Å². The largest absolute Gasteiger partial charge is 0.490 e. The smallest absolute Gasteiger partial charge is 0.224 e. The van der Waals surface area contributed by atoms with E-state index in [1.54, 1.807) is 0 Å². The number of likely N-dealkylation sites (tertiary alicyclic amines) is 1. The van der Waals surface area contributed by atoms with Gasteiger partial charge >= 0.3 is 0 Å². The summed E-state index contributed by atoms with van der Waals surface area (Å²) in [5.74, 6) is 1.43. The van der Waals surface area contributed by atoms with Crippen LogP contribution in [0.2, 0.25) is 0 Å². The lowest BCUT2D eigenvalue weighted by Crippen LogP contribution is -2.31. The zero-order valence-electron chi connectivity index (χ0n) is 16.7. The van der Waals surface area contributed by atoms with E-state index < -0.39 is 0 Å². The molecule has 0 saturated carbocycles. The van der Waals surface area contributed by atoms with Crippen LogP contribution in [0.25, 0.3) is 0 Å². The van der Waals surface area contributed by atoms with E-state index >= 15 is 0 Å². The van der Waals surface area contributed by atoms with Crippen molar-refractivity contribution in [3.63, 3.8) is 0 Å². The minimum Gasteiger partial charge on any atom is -0.490 e. The number of carbonyl (C=O) groups is 1. The van der Waals surface area contributed by atoms with Crippen molar-refractivity contribution in [1.29, 1.82) is 0 Å². The summed E-state index contributed by atoms with van der Waals surface area (Å²) in [6.45, 7) is 9.21. The van der Waals surface area contributed by atoms with Crippen LogP contribution in [0.3, 0.4) is 0 Å². The average molecular weight is 441 g/mol. The number of ether oxygens (including phenoxy) is 2. The molecule has 1 saturated heterocycles. The Balaban J connectivity index is 1.81. The third-order valence-corrected chi connectivity index (χ3v) is 5.47. The van der Waals surface area contributed by atoms with Gasteiger partial charge in [0.15, 0.2) is 11.5 Å². The van der Waals surface area contributed by atoms with Gasteiger partial charge in [-0.05, 0) is 70.4 Å². The Morgan fingerprint density at radius 3 is 2.33 bits per heavy atom. The van der Waals surface area contributed by atoms with E-state index in [-0.39, 0.29) is 5.91 Å². The van der Waals surface area contributed by atoms with E-state index in [1.807, 2.05) is 26.0 Å². The first kappa shape index (κ1) is 22.0. The summed E-state index contributed by atoms with van der Waals surface area (Å²) in [6, 6.07) is 3.78. The SMILES string of the molecule is CCOc1cc(Br)c(CC(=O)NCCCN2CCCCCC2)cc1OCC. The van der Waals surface area contributed by atoms with Crippen LogP contribution in [0.15, 0.2) is 16.6 Å². The van der Waals surface area contributed by atoms with Crippen LogP contribution in [-0.2, 0) is 11.2 Å². The first-order valence-corrected chi connectivity index (χ1v) is 11.0. The maximum absolute atomic E-state index is 12.3. The molecule has 1 aliphatic rings. The van der Waals surface area contributed by atoms with Crippen LogP contribution in [0.5, 0.6) is 11.5 Å². The van der Waals surface area contributed by atoms with Gasteiger partial charge in [-0.2, -0.15) is 0 Å². The molecule has 1 heterocycles. The molecule has 1 aromatic rings. The molecule has 1 aliphatic heterocycles. The van der Waals surface area contributed by atoms with Gasteiger partial charge in [0, 0.05) is 11.0 Å². The molecular formula is C21H33BrN2O3. The molecule has 0 aliphatic carbocycles. The van der Waals surface area contributed by atoms with E-state index in [0.29, 0.717) is 31.1 Å². The Kier molecular flexibility index (Phi) is 9.98. The maximum Gasteiger partial charge on any atom is 0.224 e. The van der Waals surface area contributed by atoms with Crippen molar-refractivity contribution in [3.8, 4) is 11.5 Å². The van der Waals surface area contributed by atoms with Gasteiger partial charge in [-0.25, -0.2) is 0 Å². The standard InChI is InChI=1S/C21H33BrN2O3/c1-3-26-19-14-17(18(22)16-20(19)27-4-2)15-21(25)23-10-9-13-24-11-7-5-6-8-12-24/h14,16H,3-13,15H2,1-2H3,(H,23,25). The van der Waals surface area contributed by atoms with Gasteiger partial charge in [0.2, 0.25) is 5.91 Å². The Morgan fingerprint density at radius 2 is 1.70 bits per heavy atom. The van der Waals surface area contributed by atoms with Crippen LogP contribution in [0.4, 0.5) is 0 Å². The van der Waals surface area contributed by atoms with Crippen molar-refractivity contribution >= 4 is 21.8 Å². The topological polar surface area (TPSA) is 50.8 Å². The van der Waals surface area contributed by atoms with Crippen molar-refractivity contribution in [2.45, 2.75) is 52.4 Å². The molecule has 6 heteroatoms. The molecule has 2 rings (SSSR count). The van der Waals surface area contributed by atoms with Crippen LogP contribution in [-0.4, -0.2) is 50.2 Å². The minimum atomic E-state index is 0.0400. The Labute approximate surface area is 171 Å². The molecule has 0 spiro atoms. The van der Waals surface area contributed by atoms with Crippen LogP contribution >= 0.6 is 15.9 Å². The summed E-state index contributed by atoms with van der Waals surface area (Å²) >= 11 is 3.55. The molecule has 152 valence electrons. The summed E-state index contributed by atoms with van der Waals surface area (Å²) in [5, 5.41) is 3.05. The molecule has 5 nitrogen and oxygen atoms in total. The zero-order valence-corrected chi connectivity index (χ0v) is 18.3. The van der Waals surface area contributed by atoms with Gasteiger partial charge in [0.05, 0.1) is 19.6 Å². The molecule has 1 aromatic carbocycles. The fraction of sp³-hybridized carbons (Fsp3) is 0.667.